The Morgan fingerprint density at radius 1 is 0.931 bits per heavy atom. The standard InChI is InChI=1S/C23H17ClN2O3/c1-15-9-11-16(12-10-15)21(27)14-25-20-8-3-2-7-19(20)22(28)26(23(25)29)18-6-4-5-17(24)13-18/h2-13H,14H2,1H3. The van der Waals surface area contributed by atoms with Crippen molar-refractivity contribution in [3.05, 3.63) is 110 Å². The lowest BCUT2D eigenvalue weighted by Gasteiger charge is -2.14. The molecule has 0 N–H and O–H groups in total. The van der Waals surface area contributed by atoms with Crippen LogP contribution in [0.3, 0.4) is 0 Å². The Labute approximate surface area is 171 Å². The third kappa shape index (κ3) is 3.52. The predicted octanol–water partition coefficient (Wildman–Crippen LogP) is 4.00. The second kappa shape index (κ2) is 7.53. The number of nitrogens with zero attached hydrogens (tertiary/aromatic N) is 2. The van der Waals surface area contributed by atoms with E-state index in [1.54, 1.807) is 60.7 Å². The fraction of sp³-hybridized carbons (Fsp3) is 0.0870. The van der Waals surface area contributed by atoms with E-state index in [1.807, 2.05) is 19.1 Å². The second-order valence-electron chi connectivity index (χ2n) is 6.80. The zero-order valence-electron chi connectivity index (χ0n) is 15.6. The van der Waals surface area contributed by atoms with E-state index in [2.05, 4.69) is 0 Å². The number of carbonyl (C=O) groups excluding carboxylic acids is 1. The highest BCUT2D eigenvalue weighted by Gasteiger charge is 2.17. The van der Waals surface area contributed by atoms with Crippen molar-refractivity contribution < 1.29 is 4.79 Å². The van der Waals surface area contributed by atoms with Gasteiger partial charge >= 0.3 is 5.69 Å². The molecule has 4 rings (SSSR count). The molecular formula is C23H17ClN2O3. The van der Waals surface area contributed by atoms with Gasteiger partial charge in [-0.15, -0.1) is 0 Å². The van der Waals surface area contributed by atoms with Crippen LogP contribution in [0.4, 0.5) is 0 Å². The maximum absolute atomic E-state index is 13.3. The SMILES string of the molecule is Cc1ccc(C(=O)Cn2c(=O)n(-c3cccc(Cl)c3)c(=O)c3ccccc32)cc1. The Balaban J connectivity index is 1.94. The number of hydrogen-bond acceptors (Lipinski definition) is 3. The van der Waals surface area contributed by atoms with Crippen molar-refractivity contribution in [3.63, 3.8) is 0 Å². The second-order valence-corrected chi connectivity index (χ2v) is 7.23. The van der Waals surface area contributed by atoms with Crippen LogP contribution in [0, 0.1) is 6.92 Å². The Kier molecular flexibility index (Phi) is 4.91. The van der Waals surface area contributed by atoms with E-state index in [-0.39, 0.29) is 12.3 Å². The summed E-state index contributed by atoms with van der Waals surface area (Å²) in [5.41, 5.74) is 1.28. The average molecular weight is 405 g/mol. The van der Waals surface area contributed by atoms with Crippen molar-refractivity contribution in [1.82, 2.24) is 9.13 Å². The number of Topliss-reactive ketones (excluding diaryl/α,β-unsaturated/α-hetero) is 1. The summed E-state index contributed by atoms with van der Waals surface area (Å²) in [7, 11) is 0. The van der Waals surface area contributed by atoms with Gasteiger partial charge in [0.05, 0.1) is 23.1 Å². The lowest BCUT2D eigenvalue weighted by Crippen LogP contribution is -2.40. The van der Waals surface area contributed by atoms with Gasteiger partial charge in [-0.25, -0.2) is 9.36 Å². The first-order valence-corrected chi connectivity index (χ1v) is 9.44. The van der Waals surface area contributed by atoms with Crippen LogP contribution >= 0.6 is 11.6 Å². The number of aryl methyl sites for hydroxylation is 1. The molecule has 0 unspecified atom stereocenters. The molecule has 0 aliphatic rings. The van der Waals surface area contributed by atoms with E-state index in [4.69, 9.17) is 11.6 Å². The maximum atomic E-state index is 13.3. The molecule has 0 saturated heterocycles. The molecule has 0 bridgehead atoms. The Morgan fingerprint density at radius 2 is 1.66 bits per heavy atom. The molecule has 0 atom stereocenters. The normalized spacial score (nSPS) is 11.0. The monoisotopic (exact) mass is 404 g/mol. The summed E-state index contributed by atoms with van der Waals surface area (Å²) in [4.78, 5) is 39.1. The largest absolute Gasteiger partial charge is 0.336 e. The Bertz CT molecular complexity index is 1350. The van der Waals surface area contributed by atoms with Gasteiger partial charge in [0, 0.05) is 10.6 Å². The van der Waals surface area contributed by atoms with Crippen LogP contribution in [0.5, 0.6) is 0 Å². The topological polar surface area (TPSA) is 61.1 Å². The first-order valence-electron chi connectivity index (χ1n) is 9.06. The number of fused-ring (bicyclic) bond motifs is 1. The average Bonchev–Trinajstić information content (AvgIpc) is 2.72. The third-order valence-electron chi connectivity index (χ3n) is 4.79. The number of aromatic nitrogens is 2. The van der Waals surface area contributed by atoms with E-state index in [0.29, 0.717) is 27.2 Å². The molecule has 0 aliphatic carbocycles. The van der Waals surface area contributed by atoms with E-state index in [9.17, 15) is 14.4 Å². The van der Waals surface area contributed by atoms with Gasteiger partial charge in [0.1, 0.15) is 0 Å². The Morgan fingerprint density at radius 3 is 2.38 bits per heavy atom. The van der Waals surface area contributed by atoms with Gasteiger partial charge in [-0.2, -0.15) is 0 Å². The lowest BCUT2D eigenvalue weighted by molar-refractivity contribution is 0.0971. The zero-order valence-corrected chi connectivity index (χ0v) is 16.4. The molecule has 6 heteroatoms. The van der Waals surface area contributed by atoms with Crippen molar-refractivity contribution in [2.24, 2.45) is 0 Å². The van der Waals surface area contributed by atoms with E-state index < -0.39 is 11.2 Å². The molecule has 0 saturated carbocycles. The predicted molar refractivity (Wildman–Crippen MR) is 114 cm³/mol. The minimum atomic E-state index is -0.587. The number of rotatable bonds is 4. The molecule has 5 nitrogen and oxygen atoms in total. The number of para-hydroxylation sites is 1. The first kappa shape index (κ1) is 18.9. The number of halogens is 1. The third-order valence-corrected chi connectivity index (χ3v) is 5.03. The summed E-state index contributed by atoms with van der Waals surface area (Å²) in [5.74, 6) is -0.214. The van der Waals surface area contributed by atoms with Crippen molar-refractivity contribution >= 4 is 28.3 Å². The van der Waals surface area contributed by atoms with Crippen LogP contribution in [-0.4, -0.2) is 14.9 Å². The van der Waals surface area contributed by atoms with Crippen LogP contribution in [0.25, 0.3) is 16.6 Å². The summed E-state index contributed by atoms with van der Waals surface area (Å²) in [5, 5.41) is 0.757. The lowest BCUT2D eigenvalue weighted by atomic mass is 10.1. The fourth-order valence-electron chi connectivity index (χ4n) is 3.29. The Hall–Kier alpha value is -3.44. The molecule has 1 aromatic heterocycles. The van der Waals surface area contributed by atoms with Crippen LogP contribution in [-0.2, 0) is 6.54 Å². The summed E-state index contributed by atoms with van der Waals surface area (Å²) >= 11 is 6.06. The van der Waals surface area contributed by atoms with Gasteiger partial charge in [-0.3, -0.25) is 14.2 Å². The van der Waals surface area contributed by atoms with Crippen LogP contribution in [0.1, 0.15) is 15.9 Å². The molecule has 0 radical (unpaired) electrons. The quantitative estimate of drug-likeness (QED) is 0.483. The highest BCUT2D eigenvalue weighted by atomic mass is 35.5. The van der Waals surface area contributed by atoms with Gasteiger partial charge in [0.25, 0.3) is 5.56 Å². The van der Waals surface area contributed by atoms with Gasteiger partial charge < -0.3 is 0 Å². The van der Waals surface area contributed by atoms with E-state index in [1.165, 1.54) is 4.57 Å². The molecule has 4 aromatic rings. The number of ketones is 1. The molecule has 144 valence electrons. The van der Waals surface area contributed by atoms with Gasteiger partial charge in [-0.05, 0) is 37.3 Å². The van der Waals surface area contributed by atoms with E-state index >= 15 is 0 Å². The van der Waals surface area contributed by atoms with Gasteiger partial charge in [0.2, 0.25) is 0 Å². The summed E-state index contributed by atoms with van der Waals surface area (Å²) in [6.45, 7) is 1.76. The molecular weight excluding hydrogens is 388 g/mol. The van der Waals surface area contributed by atoms with Crippen LogP contribution in [0.2, 0.25) is 5.02 Å². The van der Waals surface area contributed by atoms with Crippen LogP contribution in [0.15, 0.2) is 82.4 Å². The molecule has 0 spiro atoms. The minimum absolute atomic E-state index is 0.177. The van der Waals surface area contributed by atoms with Gasteiger partial charge in [0.15, 0.2) is 5.78 Å². The number of carbonyl (C=O) groups is 1. The van der Waals surface area contributed by atoms with Crippen LogP contribution < -0.4 is 11.2 Å². The fourth-order valence-corrected chi connectivity index (χ4v) is 3.48. The van der Waals surface area contributed by atoms with E-state index in [0.717, 1.165) is 10.1 Å². The summed E-state index contributed by atoms with van der Waals surface area (Å²) in [6.07, 6.45) is 0. The molecule has 1 heterocycles. The molecule has 0 aliphatic heterocycles. The minimum Gasteiger partial charge on any atom is -0.292 e. The molecule has 3 aromatic carbocycles. The van der Waals surface area contributed by atoms with Crippen molar-refractivity contribution in [3.8, 4) is 5.69 Å². The van der Waals surface area contributed by atoms with Crippen molar-refractivity contribution in [1.29, 1.82) is 0 Å². The molecule has 29 heavy (non-hydrogen) atoms. The number of benzene rings is 3. The van der Waals surface area contributed by atoms with Crippen molar-refractivity contribution in [2.45, 2.75) is 13.5 Å². The molecule has 0 amide bonds. The first-order chi connectivity index (χ1) is 14.0. The highest BCUT2D eigenvalue weighted by molar-refractivity contribution is 6.30. The summed E-state index contributed by atoms with van der Waals surface area (Å²) in [6, 6.07) is 20.4. The maximum Gasteiger partial charge on any atom is 0.336 e. The number of hydrogen-bond donors (Lipinski definition) is 0. The smallest absolute Gasteiger partial charge is 0.292 e. The highest BCUT2D eigenvalue weighted by Crippen LogP contribution is 2.15. The van der Waals surface area contributed by atoms with Gasteiger partial charge in [-0.1, -0.05) is 59.6 Å². The zero-order chi connectivity index (χ0) is 20.5. The van der Waals surface area contributed by atoms with Crippen molar-refractivity contribution in [2.75, 3.05) is 0 Å². The summed E-state index contributed by atoms with van der Waals surface area (Å²) < 4.78 is 2.39. The molecule has 0 fully saturated rings.